The Morgan fingerprint density at radius 2 is 1.82 bits per heavy atom. The van der Waals surface area contributed by atoms with Gasteiger partial charge in [0, 0.05) is 16.6 Å². The van der Waals surface area contributed by atoms with Gasteiger partial charge in [0.1, 0.15) is 5.75 Å². The molecular formula is C25H20F2N5O4PS. The predicted molar refractivity (Wildman–Crippen MR) is 145 cm³/mol. The van der Waals surface area contributed by atoms with Gasteiger partial charge in [-0.15, -0.1) is 20.6 Å². The Balaban J connectivity index is 1.61. The van der Waals surface area contributed by atoms with Crippen LogP contribution in [0, 0.1) is 11.6 Å². The number of rotatable bonds is 7. The first-order valence-corrected chi connectivity index (χ1v) is 12.6. The molecule has 2 N–H and O–H groups in total. The van der Waals surface area contributed by atoms with Crippen LogP contribution in [-0.2, 0) is 13.1 Å². The van der Waals surface area contributed by atoms with Crippen molar-refractivity contribution in [3.63, 3.8) is 0 Å². The van der Waals surface area contributed by atoms with Crippen molar-refractivity contribution in [3.05, 3.63) is 108 Å². The number of aromatic nitrogens is 4. The van der Waals surface area contributed by atoms with Crippen LogP contribution in [0.2, 0.25) is 0 Å². The van der Waals surface area contributed by atoms with Crippen LogP contribution in [-0.4, -0.2) is 26.2 Å². The van der Waals surface area contributed by atoms with Crippen LogP contribution in [0.3, 0.4) is 0 Å². The highest BCUT2D eigenvalue weighted by molar-refractivity contribution is 7.27. The maximum Gasteiger partial charge on any atom is 0.355 e. The molecule has 0 fully saturated rings. The fraction of sp³-hybridized carbons (Fsp3) is 0.120. The molecule has 1 atom stereocenters. The molecule has 0 spiro atoms. The summed E-state index contributed by atoms with van der Waals surface area (Å²) in [6.07, 6.45) is 0. The number of pyridine rings is 1. The zero-order chi connectivity index (χ0) is 27.0. The van der Waals surface area contributed by atoms with Crippen molar-refractivity contribution in [2.45, 2.75) is 13.1 Å². The van der Waals surface area contributed by atoms with Gasteiger partial charge >= 0.3 is 11.4 Å². The molecular weight excluding hydrogens is 535 g/mol. The quantitative estimate of drug-likeness (QED) is 0.299. The number of benzene rings is 2. The Labute approximate surface area is 219 Å². The Kier molecular flexibility index (Phi) is 6.92. The van der Waals surface area contributed by atoms with Gasteiger partial charge < -0.3 is 15.0 Å². The summed E-state index contributed by atoms with van der Waals surface area (Å²) in [6.45, 7) is -0.563. The number of halogens is 2. The van der Waals surface area contributed by atoms with Crippen molar-refractivity contribution in [1.29, 1.82) is 0 Å². The Hall–Kier alpha value is -4.15. The minimum atomic E-state index is -1.08. The summed E-state index contributed by atoms with van der Waals surface area (Å²) >= 11 is 1.40. The van der Waals surface area contributed by atoms with E-state index in [2.05, 4.69) is 24.5 Å². The van der Waals surface area contributed by atoms with Crippen LogP contribution in [0.25, 0.3) is 10.2 Å². The van der Waals surface area contributed by atoms with Crippen LogP contribution in [0.15, 0.2) is 68.3 Å². The molecule has 3 aromatic heterocycles. The lowest BCUT2D eigenvalue weighted by Gasteiger charge is -2.16. The molecule has 0 aliphatic rings. The molecule has 5 rings (SSSR count). The lowest BCUT2D eigenvalue weighted by Crippen LogP contribution is -2.43. The van der Waals surface area contributed by atoms with E-state index >= 15 is 0 Å². The SMILES string of the molecule is COc1ccc(Nc2nc(=O)n(Cc3cc4sccc4[nH]c3=O)c(=O)n2Cc2cc(F)c(F)c(P)c2)cc1. The number of hydrogen-bond acceptors (Lipinski definition) is 7. The molecule has 13 heteroatoms. The van der Waals surface area contributed by atoms with Crippen molar-refractivity contribution in [2.75, 3.05) is 12.4 Å². The van der Waals surface area contributed by atoms with E-state index in [0.29, 0.717) is 17.0 Å². The molecule has 0 radical (unpaired) electrons. The van der Waals surface area contributed by atoms with Crippen LogP contribution >= 0.6 is 20.6 Å². The average molecular weight is 556 g/mol. The van der Waals surface area contributed by atoms with Gasteiger partial charge in [-0.25, -0.2) is 22.9 Å². The summed E-state index contributed by atoms with van der Waals surface area (Å²) in [5.74, 6) is -1.62. The first-order chi connectivity index (χ1) is 18.2. The minimum absolute atomic E-state index is 0.0187. The third kappa shape index (κ3) is 5.00. The normalized spacial score (nSPS) is 11.2. The van der Waals surface area contributed by atoms with Crippen molar-refractivity contribution >= 4 is 47.7 Å². The van der Waals surface area contributed by atoms with Crippen LogP contribution < -0.4 is 32.3 Å². The molecule has 194 valence electrons. The third-order valence-electron chi connectivity index (χ3n) is 5.82. The molecule has 38 heavy (non-hydrogen) atoms. The number of anilines is 2. The number of aromatic amines is 1. The lowest BCUT2D eigenvalue weighted by atomic mass is 10.2. The second-order valence-electron chi connectivity index (χ2n) is 8.33. The number of nitrogens with one attached hydrogen (secondary N) is 2. The van der Waals surface area contributed by atoms with E-state index in [1.807, 2.05) is 5.38 Å². The van der Waals surface area contributed by atoms with E-state index in [-0.39, 0.29) is 35.5 Å². The number of hydrogen-bond donors (Lipinski definition) is 2. The van der Waals surface area contributed by atoms with E-state index in [1.54, 1.807) is 36.4 Å². The van der Waals surface area contributed by atoms with E-state index < -0.39 is 28.6 Å². The topological polar surface area (TPSA) is 111 Å². The number of H-pyrrole nitrogens is 1. The molecule has 0 saturated carbocycles. The molecule has 1 unspecified atom stereocenters. The zero-order valence-corrected chi connectivity index (χ0v) is 21.8. The molecule has 0 aliphatic carbocycles. The van der Waals surface area contributed by atoms with Crippen LogP contribution in [0.5, 0.6) is 5.75 Å². The summed E-state index contributed by atoms with van der Waals surface area (Å²) in [7, 11) is 3.62. The highest BCUT2D eigenvalue weighted by Gasteiger charge is 2.17. The first kappa shape index (κ1) is 25.5. The van der Waals surface area contributed by atoms with Gasteiger partial charge in [0.05, 0.1) is 30.4 Å². The van der Waals surface area contributed by atoms with Gasteiger partial charge in [-0.05, 0) is 59.5 Å². The third-order valence-corrected chi connectivity index (χ3v) is 7.11. The first-order valence-electron chi connectivity index (χ1n) is 11.2. The molecule has 0 amide bonds. The van der Waals surface area contributed by atoms with Crippen LogP contribution in [0.1, 0.15) is 11.1 Å². The summed E-state index contributed by atoms with van der Waals surface area (Å²) in [5, 5.41) is 4.73. The minimum Gasteiger partial charge on any atom is -0.497 e. The summed E-state index contributed by atoms with van der Waals surface area (Å²) < 4.78 is 35.9. The van der Waals surface area contributed by atoms with E-state index in [4.69, 9.17) is 4.74 Å². The van der Waals surface area contributed by atoms with Crippen LogP contribution in [0.4, 0.5) is 20.4 Å². The lowest BCUT2D eigenvalue weighted by molar-refractivity contribution is 0.415. The number of fused-ring (bicyclic) bond motifs is 1. The molecule has 9 nitrogen and oxygen atoms in total. The summed E-state index contributed by atoms with van der Waals surface area (Å²) in [4.78, 5) is 46.0. The van der Waals surface area contributed by atoms with Gasteiger partial charge in [0.15, 0.2) is 11.6 Å². The van der Waals surface area contributed by atoms with Crippen molar-refractivity contribution in [3.8, 4) is 5.75 Å². The van der Waals surface area contributed by atoms with Gasteiger partial charge in [0.2, 0.25) is 5.95 Å². The highest BCUT2D eigenvalue weighted by atomic mass is 32.1. The Bertz CT molecular complexity index is 1820. The van der Waals surface area contributed by atoms with Gasteiger partial charge in [0.25, 0.3) is 5.56 Å². The Morgan fingerprint density at radius 3 is 2.53 bits per heavy atom. The number of ether oxygens (including phenoxy) is 1. The maximum absolute atomic E-state index is 14.1. The van der Waals surface area contributed by atoms with Crippen molar-refractivity contribution in [2.24, 2.45) is 0 Å². The number of thiophene rings is 1. The maximum atomic E-state index is 14.1. The molecule has 5 aromatic rings. The molecule has 0 bridgehead atoms. The monoisotopic (exact) mass is 555 g/mol. The van der Waals surface area contributed by atoms with Crippen molar-refractivity contribution < 1.29 is 13.5 Å². The van der Waals surface area contributed by atoms with Gasteiger partial charge in [-0.1, -0.05) is 0 Å². The van der Waals surface area contributed by atoms with Crippen molar-refractivity contribution in [1.82, 2.24) is 19.1 Å². The molecule has 0 aliphatic heterocycles. The largest absolute Gasteiger partial charge is 0.497 e. The second kappa shape index (κ2) is 10.3. The summed E-state index contributed by atoms with van der Waals surface area (Å²) in [5.41, 5.74) is -0.506. The number of nitrogens with zero attached hydrogens (tertiary/aromatic N) is 3. The van der Waals surface area contributed by atoms with E-state index in [0.717, 1.165) is 19.9 Å². The molecule has 0 saturated heterocycles. The van der Waals surface area contributed by atoms with E-state index in [9.17, 15) is 23.2 Å². The Morgan fingerprint density at radius 1 is 1.05 bits per heavy atom. The molecule has 2 aromatic carbocycles. The zero-order valence-electron chi connectivity index (χ0n) is 19.8. The fourth-order valence-electron chi connectivity index (χ4n) is 3.90. The standard InChI is InChI=1S/C25H20F2N5O4PS/c1-36-16-4-2-15(3-5-16)28-23-30-24(34)32(12-14-10-20-18(6-7-38-20)29-22(14)33)25(35)31(23)11-13-8-17(26)21(27)19(37)9-13/h2-10H,11-12,37H2,1H3,(H,29,33)(H,28,30,34). The summed E-state index contributed by atoms with van der Waals surface area (Å²) in [6, 6.07) is 12.4. The molecule has 3 heterocycles. The van der Waals surface area contributed by atoms with Gasteiger partial charge in [-0.2, -0.15) is 4.98 Å². The highest BCUT2D eigenvalue weighted by Crippen LogP contribution is 2.20. The number of methoxy groups -OCH3 is 1. The fourth-order valence-corrected chi connectivity index (χ4v) is 5.06. The predicted octanol–water partition coefficient (Wildman–Crippen LogP) is 2.94. The van der Waals surface area contributed by atoms with E-state index in [1.165, 1.54) is 24.5 Å². The average Bonchev–Trinajstić information content (AvgIpc) is 3.34. The van der Waals surface area contributed by atoms with Gasteiger partial charge in [-0.3, -0.25) is 9.36 Å². The second-order valence-corrected chi connectivity index (χ2v) is 9.90. The smallest absolute Gasteiger partial charge is 0.355 e.